The highest BCUT2D eigenvalue weighted by Gasteiger charge is 2.08. The highest BCUT2D eigenvalue weighted by molar-refractivity contribution is 6.30. The van der Waals surface area contributed by atoms with Crippen molar-refractivity contribution < 1.29 is 5.11 Å². The molecule has 0 bridgehead atoms. The van der Waals surface area contributed by atoms with Crippen molar-refractivity contribution in [2.75, 3.05) is 11.9 Å². The molecular formula is C17H20ClNO. The maximum absolute atomic E-state index is 8.92. The Hall–Kier alpha value is -1.51. The van der Waals surface area contributed by atoms with E-state index >= 15 is 0 Å². The van der Waals surface area contributed by atoms with Crippen molar-refractivity contribution >= 4 is 17.3 Å². The normalized spacial score (nSPS) is 12.2. The molecule has 2 aromatic rings. The van der Waals surface area contributed by atoms with Gasteiger partial charge in [-0.15, -0.1) is 0 Å². The number of rotatable bonds is 6. The molecule has 0 aliphatic carbocycles. The molecule has 0 amide bonds. The number of hydrogen-bond donors (Lipinski definition) is 2. The molecule has 2 N–H and O–H groups in total. The van der Waals surface area contributed by atoms with E-state index < -0.39 is 0 Å². The summed E-state index contributed by atoms with van der Waals surface area (Å²) in [6.45, 7) is 2.35. The molecule has 0 saturated carbocycles. The first kappa shape index (κ1) is 14.9. The molecule has 0 aromatic heterocycles. The van der Waals surface area contributed by atoms with E-state index in [9.17, 15) is 0 Å². The summed E-state index contributed by atoms with van der Waals surface area (Å²) in [4.78, 5) is 0. The number of benzene rings is 2. The molecule has 3 heteroatoms. The van der Waals surface area contributed by atoms with Crippen LogP contribution in [-0.2, 0) is 6.42 Å². The van der Waals surface area contributed by atoms with Gasteiger partial charge in [0.1, 0.15) is 0 Å². The average molecular weight is 290 g/mol. The molecule has 0 aliphatic rings. The van der Waals surface area contributed by atoms with E-state index in [0.717, 1.165) is 22.7 Å². The molecule has 20 heavy (non-hydrogen) atoms. The van der Waals surface area contributed by atoms with Gasteiger partial charge < -0.3 is 10.4 Å². The number of aliphatic hydroxyl groups is 1. The Morgan fingerprint density at radius 3 is 2.25 bits per heavy atom. The molecule has 2 rings (SSSR count). The largest absolute Gasteiger partial charge is 0.396 e. The van der Waals surface area contributed by atoms with Crippen LogP contribution in [0.4, 0.5) is 5.69 Å². The molecule has 0 heterocycles. The maximum Gasteiger partial charge on any atom is 0.0511 e. The summed E-state index contributed by atoms with van der Waals surface area (Å²) in [5.74, 6) is 0. The van der Waals surface area contributed by atoms with E-state index in [1.165, 1.54) is 5.56 Å². The predicted octanol–water partition coefficient (Wildman–Crippen LogP) is 4.44. The summed E-state index contributed by atoms with van der Waals surface area (Å²) >= 11 is 5.93. The number of nitrogens with one attached hydrogen (secondary N) is 1. The van der Waals surface area contributed by atoms with Crippen LogP contribution in [0.1, 0.15) is 30.5 Å². The second-order valence-electron chi connectivity index (χ2n) is 4.83. The predicted molar refractivity (Wildman–Crippen MR) is 85.3 cm³/mol. The van der Waals surface area contributed by atoms with Gasteiger partial charge in [-0.1, -0.05) is 42.8 Å². The standard InChI is InChI=1S/C17H20ClNO/c1-2-17(14-5-7-15(18)8-6-14)19-16-9-3-13(4-10-16)11-12-20/h3-10,17,19-20H,2,11-12H2,1H3. The van der Waals surface area contributed by atoms with Crippen molar-refractivity contribution in [1.29, 1.82) is 0 Å². The number of anilines is 1. The summed E-state index contributed by atoms with van der Waals surface area (Å²) in [5, 5.41) is 13.2. The highest BCUT2D eigenvalue weighted by Crippen LogP contribution is 2.24. The van der Waals surface area contributed by atoms with Crippen LogP contribution in [0.25, 0.3) is 0 Å². The van der Waals surface area contributed by atoms with Crippen LogP contribution in [0.2, 0.25) is 5.02 Å². The van der Waals surface area contributed by atoms with Crippen molar-refractivity contribution in [2.24, 2.45) is 0 Å². The average Bonchev–Trinajstić information content (AvgIpc) is 2.48. The molecule has 2 nitrogen and oxygen atoms in total. The third-order valence-corrected chi connectivity index (χ3v) is 3.63. The Balaban J connectivity index is 2.07. The molecule has 0 fully saturated rings. The lowest BCUT2D eigenvalue weighted by atomic mass is 10.0. The summed E-state index contributed by atoms with van der Waals surface area (Å²) < 4.78 is 0. The van der Waals surface area contributed by atoms with Crippen molar-refractivity contribution in [2.45, 2.75) is 25.8 Å². The van der Waals surface area contributed by atoms with Crippen molar-refractivity contribution in [3.05, 3.63) is 64.7 Å². The summed E-state index contributed by atoms with van der Waals surface area (Å²) in [5.41, 5.74) is 3.47. The molecular weight excluding hydrogens is 270 g/mol. The minimum absolute atomic E-state index is 0.190. The zero-order chi connectivity index (χ0) is 14.4. The van der Waals surface area contributed by atoms with Crippen molar-refractivity contribution in [3.63, 3.8) is 0 Å². The number of hydrogen-bond acceptors (Lipinski definition) is 2. The van der Waals surface area contributed by atoms with Crippen LogP contribution in [-0.4, -0.2) is 11.7 Å². The summed E-state index contributed by atoms with van der Waals surface area (Å²) in [7, 11) is 0. The third kappa shape index (κ3) is 3.99. The first-order chi connectivity index (χ1) is 9.72. The van der Waals surface area contributed by atoms with Gasteiger partial charge in [0.15, 0.2) is 0 Å². The molecule has 1 unspecified atom stereocenters. The monoisotopic (exact) mass is 289 g/mol. The quantitative estimate of drug-likeness (QED) is 0.824. The smallest absolute Gasteiger partial charge is 0.0511 e. The van der Waals surface area contributed by atoms with E-state index in [1.54, 1.807) is 0 Å². The van der Waals surface area contributed by atoms with E-state index in [1.807, 2.05) is 24.3 Å². The van der Waals surface area contributed by atoms with Gasteiger partial charge in [-0.2, -0.15) is 0 Å². The lowest BCUT2D eigenvalue weighted by Gasteiger charge is -2.19. The second kappa shape index (κ2) is 7.32. The zero-order valence-electron chi connectivity index (χ0n) is 11.6. The van der Waals surface area contributed by atoms with Crippen molar-refractivity contribution in [1.82, 2.24) is 0 Å². The molecule has 106 valence electrons. The van der Waals surface area contributed by atoms with Crippen LogP contribution in [0.5, 0.6) is 0 Å². The van der Waals surface area contributed by atoms with Gasteiger partial charge in [-0.25, -0.2) is 0 Å². The Labute approximate surface area is 125 Å². The zero-order valence-corrected chi connectivity index (χ0v) is 12.4. The Morgan fingerprint density at radius 1 is 1.05 bits per heavy atom. The summed E-state index contributed by atoms with van der Waals surface area (Å²) in [6.07, 6.45) is 1.70. The summed E-state index contributed by atoms with van der Waals surface area (Å²) in [6, 6.07) is 16.5. The van der Waals surface area contributed by atoms with Gasteiger partial charge >= 0.3 is 0 Å². The van der Waals surface area contributed by atoms with Crippen LogP contribution in [0.15, 0.2) is 48.5 Å². The molecule has 1 atom stereocenters. The first-order valence-electron chi connectivity index (χ1n) is 6.94. The van der Waals surface area contributed by atoms with E-state index in [0.29, 0.717) is 6.42 Å². The first-order valence-corrected chi connectivity index (χ1v) is 7.32. The van der Waals surface area contributed by atoms with E-state index in [-0.39, 0.29) is 12.6 Å². The van der Waals surface area contributed by atoms with Crippen LogP contribution < -0.4 is 5.32 Å². The highest BCUT2D eigenvalue weighted by atomic mass is 35.5. The van der Waals surface area contributed by atoms with Crippen LogP contribution in [0.3, 0.4) is 0 Å². The lowest BCUT2D eigenvalue weighted by Crippen LogP contribution is -2.09. The molecule has 0 aliphatic heterocycles. The Kier molecular flexibility index (Phi) is 5.45. The minimum atomic E-state index is 0.190. The van der Waals surface area contributed by atoms with Gasteiger partial charge in [0.05, 0.1) is 6.04 Å². The van der Waals surface area contributed by atoms with Gasteiger partial charge in [0.25, 0.3) is 0 Å². The molecule has 2 aromatic carbocycles. The fraction of sp³-hybridized carbons (Fsp3) is 0.294. The molecule has 0 saturated heterocycles. The van der Waals surface area contributed by atoms with Crippen LogP contribution in [0, 0.1) is 0 Å². The Bertz CT molecular complexity index is 522. The second-order valence-corrected chi connectivity index (χ2v) is 5.26. The maximum atomic E-state index is 8.92. The van der Waals surface area contributed by atoms with Crippen molar-refractivity contribution in [3.8, 4) is 0 Å². The topological polar surface area (TPSA) is 32.3 Å². The fourth-order valence-corrected chi connectivity index (χ4v) is 2.34. The van der Waals surface area contributed by atoms with Gasteiger partial charge in [0, 0.05) is 17.3 Å². The number of aliphatic hydroxyl groups excluding tert-OH is 1. The molecule has 0 radical (unpaired) electrons. The fourth-order valence-electron chi connectivity index (χ4n) is 2.21. The van der Waals surface area contributed by atoms with Gasteiger partial charge in [-0.05, 0) is 48.2 Å². The third-order valence-electron chi connectivity index (χ3n) is 3.38. The lowest BCUT2D eigenvalue weighted by molar-refractivity contribution is 0.299. The SMILES string of the molecule is CCC(Nc1ccc(CCO)cc1)c1ccc(Cl)cc1. The van der Waals surface area contributed by atoms with Gasteiger partial charge in [-0.3, -0.25) is 0 Å². The number of halogens is 1. The van der Waals surface area contributed by atoms with E-state index in [2.05, 4.69) is 36.5 Å². The van der Waals surface area contributed by atoms with Crippen LogP contribution >= 0.6 is 11.6 Å². The Morgan fingerprint density at radius 2 is 1.70 bits per heavy atom. The minimum Gasteiger partial charge on any atom is -0.396 e. The van der Waals surface area contributed by atoms with Gasteiger partial charge in [0.2, 0.25) is 0 Å². The molecule has 0 spiro atoms. The van der Waals surface area contributed by atoms with E-state index in [4.69, 9.17) is 16.7 Å².